The van der Waals surface area contributed by atoms with Crippen LogP contribution >= 0.6 is 0 Å². The minimum atomic E-state index is -1.89. The normalized spacial score (nSPS) is 19.3. The van der Waals surface area contributed by atoms with Crippen LogP contribution in [0.25, 0.3) is 0 Å². The molecule has 0 aromatic carbocycles. The van der Waals surface area contributed by atoms with Crippen molar-refractivity contribution in [2.45, 2.75) is 116 Å². The lowest BCUT2D eigenvalue weighted by Crippen LogP contribution is -2.50. The lowest BCUT2D eigenvalue weighted by molar-refractivity contribution is 0.0176. The summed E-state index contributed by atoms with van der Waals surface area (Å²) in [5.74, 6) is 0.469. The van der Waals surface area contributed by atoms with Gasteiger partial charge >= 0.3 is 6.09 Å². The molecule has 0 saturated carbocycles. The van der Waals surface area contributed by atoms with Gasteiger partial charge in [-0.15, -0.1) is 4.72 Å². The quantitative estimate of drug-likeness (QED) is 0.390. The monoisotopic (exact) mass is 476 g/mol. The van der Waals surface area contributed by atoms with Crippen LogP contribution in [-0.4, -0.2) is 59.9 Å². The first-order valence-electron chi connectivity index (χ1n) is 11.6. The van der Waals surface area contributed by atoms with Gasteiger partial charge in [0.15, 0.2) is 8.32 Å². The van der Waals surface area contributed by atoms with E-state index < -0.39 is 25.3 Å². The number of nitrogens with one attached hydrogen (secondary N) is 1. The topological polar surface area (TPSA) is 73.9 Å². The van der Waals surface area contributed by atoms with Crippen LogP contribution in [0.2, 0.25) is 18.1 Å². The third-order valence-electron chi connectivity index (χ3n) is 6.17. The van der Waals surface area contributed by atoms with Crippen molar-refractivity contribution >= 4 is 25.8 Å². The summed E-state index contributed by atoms with van der Waals surface area (Å²) in [5.41, 5.74) is -0.471. The molecule has 0 aliphatic carbocycles. The highest BCUT2D eigenvalue weighted by Gasteiger charge is 2.39. The SMILES string of the molecule is CC(C)(C)OC(=O)N1CCC(CC(CO[Si](C)(C)C(C)(C)C)N[S@@+]([O-])C(C)(C)C)CC1. The van der Waals surface area contributed by atoms with Crippen LogP contribution in [0.4, 0.5) is 4.79 Å². The Morgan fingerprint density at radius 3 is 2.03 bits per heavy atom. The molecule has 1 rings (SSSR count). The number of nitrogens with zero attached hydrogens (tertiary/aromatic N) is 1. The van der Waals surface area contributed by atoms with E-state index in [1.807, 2.05) is 46.4 Å². The molecule has 1 aliphatic rings. The molecule has 1 N–H and O–H groups in total. The second-order valence-electron chi connectivity index (χ2n) is 12.4. The summed E-state index contributed by atoms with van der Waals surface area (Å²) in [6, 6.07) is 0.0345. The standard InChI is InChI=1S/C23H48N2O4SSi/c1-21(2,3)29-20(26)25-14-12-18(13-15-25)16-19(24-30(27)22(4,5)6)17-28-31(10,11)23(7,8)9/h18-19,24H,12-17H2,1-11H3/t19?,30-/m0/s1. The molecule has 0 aromatic heterocycles. The second-order valence-corrected chi connectivity index (χ2v) is 19.2. The minimum Gasteiger partial charge on any atom is -0.598 e. The summed E-state index contributed by atoms with van der Waals surface area (Å²) < 4.78 is 27.8. The maximum absolute atomic E-state index is 12.8. The van der Waals surface area contributed by atoms with Crippen LogP contribution in [0, 0.1) is 5.92 Å². The molecule has 8 heteroatoms. The van der Waals surface area contributed by atoms with E-state index in [1.54, 1.807) is 0 Å². The van der Waals surface area contributed by atoms with Gasteiger partial charge in [-0.3, -0.25) is 0 Å². The lowest BCUT2D eigenvalue weighted by Gasteiger charge is -2.39. The molecule has 184 valence electrons. The van der Waals surface area contributed by atoms with Crippen molar-refractivity contribution in [1.29, 1.82) is 0 Å². The summed E-state index contributed by atoms with van der Waals surface area (Å²) in [6.45, 7) is 24.9. The van der Waals surface area contributed by atoms with Gasteiger partial charge < -0.3 is 18.6 Å². The van der Waals surface area contributed by atoms with E-state index in [2.05, 4.69) is 38.6 Å². The number of hydrogen-bond donors (Lipinski definition) is 1. The molecule has 0 bridgehead atoms. The summed E-state index contributed by atoms with van der Waals surface area (Å²) >= 11 is -1.15. The average molecular weight is 477 g/mol. The summed E-state index contributed by atoms with van der Waals surface area (Å²) in [5, 5.41) is 0.138. The summed E-state index contributed by atoms with van der Waals surface area (Å²) in [7, 11) is -1.89. The predicted octanol–water partition coefficient (Wildman–Crippen LogP) is 5.47. The highest BCUT2D eigenvalue weighted by Crippen LogP contribution is 2.37. The first kappa shape index (κ1) is 28.7. The zero-order valence-electron chi connectivity index (χ0n) is 21.9. The van der Waals surface area contributed by atoms with Gasteiger partial charge in [0.2, 0.25) is 0 Å². The molecule has 1 aliphatic heterocycles. The molecular weight excluding hydrogens is 428 g/mol. The van der Waals surface area contributed by atoms with Crippen LogP contribution in [0.3, 0.4) is 0 Å². The number of amides is 1. The number of rotatable bonds is 7. The molecule has 6 nitrogen and oxygen atoms in total. The molecule has 0 aromatic rings. The Hall–Kier alpha value is -0.283. The number of carbonyl (C=O) groups is 1. The number of likely N-dealkylation sites (tertiary alicyclic amines) is 1. The van der Waals surface area contributed by atoms with Crippen molar-refractivity contribution in [2.24, 2.45) is 5.92 Å². The van der Waals surface area contributed by atoms with E-state index in [0.717, 1.165) is 19.3 Å². The van der Waals surface area contributed by atoms with Gasteiger partial charge in [-0.1, -0.05) is 20.8 Å². The van der Waals surface area contributed by atoms with E-state index in [-0.39, 0.29) is 21.9 Å². The molecule has 1 heterocycles. The largest absolute Gasteiger partial charge is 0.598 e. The lowest BCUT2D eigenvalue weighted by atomic mass is 9.91. The number of ether oxygens (including phenoxy) is 1. The maximum atomic E-state index is 12.8. The van der Waals surface area contributed by atoms with E-state index in [9.17, 15) is 9.35 Å². The summed E-state index contributed by atoms with van der Waals surface area (Å²) in [4.78, 5) is 14.2. The molecule has 1 amide bonds. The number of carbonyl (C=O) groups excluding carboxylic acids is 1. The average Bonchev–Trinajstić information content (AvgIpc) is 2.57. The molecule has 1 saturated heterocycles. The molecule has 1 fully saturated rings. The van der Waals surface area contributed by atoms with E-state index in [1.165, 1.54) is 0 Å². The van der Waals surface area contributed by atoms with Gasteiger partial charge in [0.1, 0.15) is 10.3 Å². The number of piperidine rings is 1. The first-order valence-corrected chi connectivity index (χ1v) is 15.7. The van der Waals surface area contributed by atoms with Gasteiger partial charge in [0, 0.05) is 24.5 Å². The fourth-order valence-corrected chi connectivity index (χ4v) is 4.96. The van der Waals surface area contributed by atoms with Crippen LogP contribution in [0.1, 0.15) is 81.6 Å². The highest BCUT2D eigenvalue weighted by atomic mass is 32.2. The zero-order chi connectivity index (χ0) is 24.3. The molecule has 1 unspecified atom stereocenters. The van der Waals surface area contributed by atoms with Crippen molar-refractivity contribution in [3.63, 3.8) is 0 Å². The predicted molar refractivity (Wildman–Crippen MR) is 133 cm³/mol. The fourth-order valence-electron chi connectivity index (χ4n) is 3.08. The third-order valence-corrected chi connectivity index (χ3v) is 12.3. The van der Waals surface area contributed by atoms with Gasteiger partial charge in [-0.2, -0.15) is 0 Å². The van der Waals surface area contributed by atoms with Crippen molar-refractivity contribution in [2.75, 3.05) is 19.7 Å². The van der Waals surface area contributed by atoms with Crippen LogP contribution in [0.15, 0.2) is 0 Å². The Bertz CT molecular complexity index is 574. The van der Waals surface area contributed by atoms with Gasteiger partial charge in [0.25, 0.3) is 0 Å². The Labute approximate surface area is 195 Å². The molecule has 2 atom stereocenters. The van der Waals surface area contributed by atoms with Crippen molar-refractivity contribution in [3.8, 4) is 0 Å². The van der Waals surface area contributed by atoms with Crippen molar-refractivity contribution in [3.05, 3.63) is 0 Å². The Morgan fingerprint density at radius 2 is 1.61 bits per heavy atom. The Balaban J connectivity index is 2.72. The highest BCUT2D eigenvalue weighted by molar-refractivity contribution is 7.90. The smallest absolute Gasteiger partial charge is 0.410 e. The van der Waals surface area contributed by atoms with E-state index in [4.69, 9.17) is 9.16 Å². The minimum absolute atomic E-state index is 0.0345. The molecule has 31 heavy (non-hydrogen) atoms. The fraction of sp³-hybridized carbons (Fsp3) is 0.957. The van der Waals surface area contributed by atoms with Gasteiger partial charge in [-0.25, -0.2) is 4.79 Å². The van der Waals surface area contributed by atoms with E-state index in [0.29, 0.717) is 25.6 Å². The van der Waals surface area contributed by atoms with Crippen LogP contribution < -0.4 is 4.72 Å². The third kappa shape index (κ3) is 10.0. The van der Waals surface area contributed by atoms with Crippen LogP contribution in [-0.2, 0) is 20.5 Å². The summed E-state index contributed by atoms with van der Waals surface area (Å²) in [6.07, 6.45) is 2.54. The van der Waals surface area contributed by atoms with E-state index >= 15 is 0 Å². The Kier molecular flexibility index (Phi) is 9.98. The molecule has 0 radical (unpaired) electrons. The maximum Gasteiger partial charge on any atom is 0.410 e. The van der Waals surface area contributed by atoms with Crippen molar-refractivity contribution < 1.29 is 18.5 Å². The molecule has 0 spiro atoms. The number of hydrogen-bond acceptors (Lipinski definition) is 5. The first-order chi connectivity index (χ1) is 13.8. The zero-order valence-corrected chi connectivity index (χ0v) is 23.7. The molecular formula is C23H48N2O4SSi. The van der Waals surface area contributed by atoms with Crippen molar-refractivity contribution in [1.82, 2.24) is 9.62 Å². The second kappa shape index (κ2) is 10.8. The van der Waals surface area contributed by atoms with Gasteiger partial charge in [0.05, 0.1) is 12.6 Å². The van der Waals surface area contributed by atoms with Gasteiger partial charge in [-0.05, 0) is 84.9 Å². The van der Waals surface area contributed by atoms with Crippen LogP contribution in [0.5, 0.6) is 0 Å². The Morgan fingerprint density at radius 1 is 1.10 bits per heavy atom.